The van der Waals surface area contributed by atoms with Gasteiger partial charge in [0.25, 0.3) is 5.91 Å². The third-order valence-electron chi connectivity index (χ3n) is 5.13. The number of benzene rings is 1. The first-order chi connectivity index (χ1) is 12.6. The molecule has 2 unspecified atom stereocenters. The molecule has 6 heteroatoms. The van der Waals surface area contributed by atoms with E-state index >= 15 is 0 Å². The van der Waals surface area contributed by atoms with Crippen molar-refractivity contribution in [1.82, 2.24) is 4.90 Å². The predicted molar refractivity (Wildman–Crippen MR) is 109 cm³/mol. The SMILES string of the molecule is CCCCN(C(=O)C(C)Oc1cc(C)ccc1C(C)C)C1CCS(=O)(=O)C1. The number of carbonyl (C=O) groups excluding carboxylic acids is 1. The minimum Gasteiger partial charge on any atom is -0.481 e. The summed E-state index contributed by atoms with van der Waals surface area (Å²) in [7, 11) is -3.04. The highest BCUT2D eigenvalue weighted by atomic mass is 32.2. The summed E-state index contributed by atoms with van der Waals surface area (Å²) in [5, 5.41) is 0. The zero-order valence-electron chi connectivity index (χ0n) is 17.2. The van der Waals surface area contributed by atoms with Gasteiger partial charge in [0.1, 0.15) is 5.75 Å². The summed E-state index contributed by atoms with van der Waals surface area (Å²) in [6.07, 6.45) is 1.68. The highest BCUT2D eigenvalue weighted by molar-refractivity contribution is 7.91. The summed E-state index contributed by atoms with van der Waals surface area (Å²) in [4.78, 5) is 14.9. The first-order valence-corrected chi connectivity index (χ1v) is 11.7. The highest BCUT2D eigenvalue weighted by Gasteiger charge is 2.36. The molecule has 2 atom stereocenters. The largest absolute Gasteiger partial charge is 0.481 e. The van der Waals surface area contributed by atoms with Crippen molar-refractivity contribution >= 4 is 15.7 Å². The third-order valence-corrected chi connectivity index (χ3v) is 6.88. The van der Waals surface area contributed by atoms with E-state index in [1.807, 2.05) is 25.1 Å². The lowest BCUT2D eigenvalue weighted by molar-refractivity contribution is -0.140. The molecule has 0 N–H and O–H groups in total. The lowest BCUT2D eigenvalue weighted by Gasteiger charge is -2.31. The van der Waals surface area contributed by atoms with Crippen LogP contribution in [0.15, 0.2) is 18.2 Å². The van der Waals surface area contributed by atoms with Gasteiger partial charge in [-0.15, -0.1) is 0 Å². The molecule has 1 aliphatic heterocycles. The van der Waals surface area contributed by atoms with Crippen LogP contribution in [-0.2, 0) is 14.6 Å². The summed E-state index contributed by atoms with van der Waals surface area (Å²) in [6, 6.07) is 5.83. The number of carbonyl (C=O) groups is 1. The Balaban J connectivity index is 2.18. The predicted octanol–water partition coefficient (Wildman–Crippen LogP) is 3.70. The van der Waals surface area contributed by atoms with E-state index in [2.05, 4.69) is 20.8 Å². The fraction of sp³-hybridized carbons (Fsp3) is 0.667. The highest BCUT2D eigenvalue weighted by Crippen LogP contribution is 2.29. The second-order valence-corrected chi connectivity index (χ2v) is 10.1. The van der Waals surface area contributed by atoms with Gasteiger partial charge < -0.3 is 9.64 Å². The Kier molecular flexibility index (Phi) is 7.32. The summed E-state index contributed by atoms with van der Waals surface area (Å²) in [5.41, 5.74) is 2.16. The number of hydrogen-bond acceptors (Lipinski definition) is 4. The lowest BCUT2D eigenvalue weighted by atomic mass is 10.0. The molecule has 0 aliphatic carbocycles. The Morgan fingerprint density at radius 3 is 2.56 bits per heavy atom. The van der Waals surface area contributed by atoms with Gasteiger partial charge in [0.2, 0.25) is 0 Å². The number of hydrogen-bond donors (Lipinski definition) is 0. The molecule has 1 saturated heterocycles. The zero-order valence-corrected chi connectivity index (χ0v) is 18.0. The summed E-state index contributed by atoms with van der Waals surface area (Å²) in [5.74, 6) is 1.14. The molecule has 0 bridgehead atoms. The van der Waals surface area contributed by atoms with Crippen LogP contribution in [0.4, 0.5) is 0 Å². The molecule has 1 heterocycles. The fourth-order valence-electron chi connectivity index (χ4n) is 3.52. The van der Waals surface area contributed by atoms with Gasteiger partial charge in [-0.05, 0) is 49.8 Å². The lowest BCUT2D eigenvalue weighted by Crippen LogP contribution is -2.47. The van der Waals surface area contributed by atoms with Gasteiger partial charge in [0, 0.05) is 12.6 Å². The number of ether oxygens (including phenoxy) is 1. The van der Waals surface area contributed by atoms with Crippen LogP contribution in [0.1, 0.15) is 64.0 Å². The smallest absolute Gasteiger partial charge is 0.263 e. The van der Waals surface area contributed by atoms with Crippen molar-refractivity contribution < 1.29 is 17.9 Å². The molecular formula is C21H33NO4S. The Bertz CT molecular complexity index is 757. The second kappa shape index (κ2) is 9.09. The molecule has 2 rings (SSSR count). The van der Waals surface area contributed by atoms with Gasteiger partial charge in [-0.3, -0.25) is 4.79 Å². The first-order valence-electron chi connectivity index (χ1n) is 9.92. The number of nitrogens with zero attached hydrogens (tertiary/aromatic N) is 1. The maximum Gasteiger partial charge on any atom is 0.263 e. The molecule has 0 aromatic heterocycles. The van der Waals surface area contributed by atoms with Crippen LogP contribution in [0.5, 0.6) is 5.75 Å². The third kappa shape index (κ3) is 5.71. The van der Waals surface area contributed by atoms with Crippen molar-refractivity contribution in [2.45, 2.75) is 71.9 Å². The number of sulfone groups is 1. The Hall–Kier alpha value is -1.56. The van der Waals surface area contributed by atoms with Gasteiger partial charge in [0.05, 0.1) is 11.5 Å². The van der Waals surface area contributed by atoms with E-state index in [1.165, 1.54) is 0 Å². The second-order valence-electron chi connectivity index (χ2n) is 7.90. The van der Waals surface area contributed by atoms with Gasteiger partial charge >= 0.3 is 0 Å². The van der Waals surface area contributed by atoms with E-state index in [-0.39, 0.29) is 23.5 Å². The monoisotopic (exact) mass is 395 g/mol. The Labute approximate surface area is 164 Å². The normalized spacial score (nSPS) is 19.9. The van der Waals surface area contributed by atoms with E-state index in [4.69, 9.17) is 4.74 Å². The van der Waals surface area contributed by atoms with Crippen LogP contribution in [0.3, 0.4) is 0 Å². The van der Waals surface area contributed by atoms with Crippen molar-refractivity contribution in [1.29, 1.82) is 0 Å². The van der Waals surface area contributed by atoms with Gasteiger partial charge in [-0.25, -0.2) is 8.42 Å². The van der Waals surface area contributed by atoms with Crippen LogP contribution in [0.2, 0.25) is 0 Å². The number of amides is 1. The average molecular weight is 396 g/mol. The number of aryl methyl sites for hydroxylation is 1. The summed E-state index contributed by atoms with van der Waals surface area (Å²) in [6.45, 7) is 10.6. The van der Waals surface area contributed by atoms with E-state index in [0.717, 1.165) is 29.7 Å². The van der Waals surface area contributed by atoms with Crippen LogP contribution >= 0.6 is 0 Å². The van der Waals surface area contributed by atoms with Crippen LogP contribution in [0.25, 0.3) is 0 Å². The summed E-state index contributed by atoms with van der Waals surface area (Å²) < 4.78 is 29.9. The zero-order chi connectivity index (χ0) is 20.2. The van der Waals surface area contributed by atoms with Crippen molar-refractivity contribution in [2.75, 3.05) is 18.1 Å². The number of unbranched alkanes of at least 4 members (excludes halogenated alkanes) is 1. The minimum atomic E-state index is -3.04. The van der Waals surface area contributed by atoms with E-state index in [1.54, 1.807) is 11.8 Å². The summed E-state index contributed by atoms with van der Waals surface area (Å²) >= 11 is 0. The molecule has 0 saturated carbocycles. The van der Waals surface area contributed by atoms with Crippen molar-refractivity contribution in [3.8, 4) is 5.75 Å². The molecule has 1 aromatic carbocycles. The Morgan fingerprint density at radius 2 is 2.00 bits per heavy atom. The van der Waals surface area contributed by atoms with E-state index in [9.17, 15) is 13.2 Å². The maximum atomic E-state index is 13.1. The van der Waals surface area contributed by atoms with Crippen molar-refractivity contribution in [3.05, 3.63) is 29.3 Å². The van der Waals surface area contributed by atoms with Gasteiger partial charge in [-0.1, -0.05) is 39.3 Å². The van der Waals surface area contributed by atoms with E-state index in [0.29, 0.717) is 18.9 Å². The maximum absolute atomic E-state index is 13.1. The Morgan fingerprint density at radius 1 is 1.30 bits per heavy atom. The first kappa shape index (κ1) is 21.7. The number of rotatable bonds is 8. The van der Waals surface area contributed by atoms with Gasteiger partial charge in [0.15, 0.2) is 15.9 Å². The fourth-order valence-corrected chi connectivity index (χ4v) is 5.25. The molecule has 1 aliphatic rings. The average Bonchev–Trinajstić information content (AvgIpc) is 2.94. The standard InChI is InChI=1S/C21H33NO4S/c1-6-7-11-22(18-10-12-27(24,25)14-18)21(23)17(5)26-20-13-16(4)8-9-19(20)15(2)3/h8-9,13,15,17-18H,6-7,10-12,14H2,1-5H3. The van der Waals surface area contributed by atoms with E-state index < -0.39 is 15.9 Å². The molecular weight excluding hydrogens is 362 g/mol. The molecule has 152 valence electrons. The topological polar surface area (TPSA) is 63.7 Å². The minimum absolute atomic E-state index is 0.0663. The molecule has 27 heavy (non-hydrogen) atoms. The molecule has 1 fully saturated rings. The molecule has 1 aromatic rings. The van der Waals surface area contributed by atoms with Crippen LogP contribution in [0, 0.1) is 6.92 Å². The van der Waals surface area contributed by atoms with Crippen LogP contribution in [-0.4, -0.2) is 49.4 Å². The van der Waals surface area contributed by atoms with Gasteiger partial charge in [-0.2, -0.15) is 0 Å². The molecule has 1 amide bonds. The molecule has 5 nitrogen and oxygen atoms in total. The van der Waals surface area contributed by atoms with Crippen molar-refractivity contribution in [3.63, 3.8) is 0 Å². The van der Waals surface area contributed by atoms with Crippen molar-refractivity contribution in [2.24, 2.45) is 0 Å². The quantitative estimate of drug-likeness (QED) is 0.673. The molecule has 0 spiro atoms. The molecule has 0 radical (unpaired) electrons. The van der Waals surface area contributed by atoms with Crippen LogP contribution < -0.4 is 4.74 Å².